The number of unbranched alkanes of at least 4 members (excludes halogenated alkanes) is 38. The SMILES string of the molecule is CCC(C)CCCCCCCCCCCCCCCCC(=O)OC[C@H](COP(=O)(O)OCC(O)COP(=O)(O)OC[C@@H](COC(=O)CCCCCCCCCCC(C)C)OC(=O)CCCCCCCCCCC(C)CC)OC(=O)CCCCCCCCCCCCCCC(C)C. The van der Waals surface area contributed by atoms with Crippen LogP contribution in [0.2, 0.25) is 0 Å². The molecular formula is C77H150O17P2. The number of carbonyl (C=O) groups is 4. The van der Waals surface area contributed by atoms with Crippen LogP contribution in [0.4, 0.5) is 0 Å². The molecule has 5 unspecified atom stereocenters. The monoisotopic (exact) mass is 1410 g/mol. The van der Waals surface area contributed by atoms with E-state index in [0.29, 0.717) is 25.7 Å². The molecule has 0 heterocycles. The number of hydrogen-bond acceptors (Lipinski definition) is 15. The molecular weight excluding hydrogens is 1260 g/mol. The Balaban J connectivity index is 5.25. The third-order valence-corrected chi connectivity index (χ3v) is 20.4. The van der Waals surface area contributed by atoms with Gasteiger partial charge in [-0.3, -0.25) is 37.3 Å². The van der Waals surface area contributed by atoms with Crippen molar-refractivity contribution in [2.45, 2.75) is 408 Å². The second kappa shape index (κ2) is 66.3. The van der Waals surface area contributed by atoms with E-state index in [-0.39, 0.29) is 25.7 Å². The Kier molecular flexibility index (Phi) is 65.0. The second-order valence-electron chi connectivity index (χ2n) is 29.2. The second-order valence-corrected chi connectivity index (χ2v) is 32.1. The van der Waals surface area contributed by atoms with Crippen molar-refractivity contribution in [3.63, 3.8) is 0 Å². The minimum atomic E-state index is -4.96. The van der Waals surface area contributed by atoms with Crippen LogP contribution >= 0.6 is 15.6 Å². The average Bonchev–Trinajstić information content (AvgIpc) is 1.11. The Labute approximate surface area is 588 Å². The van der Waals surface area contributed by atoms with Crippen LogP contribution in [0.3, 0.4) is 0 Å². The van der Waals surface area contributed by atoms with Gasteiger partial charge in [-0.2, -0.15) is 0 Å². The topological polar surface area (TPSA) is 237 Å². The van der Waals surface area contributed by atoms with Crippen molar-refractivity contribution in [1.29, 1.82) is 0 Å². The first-order chi connectivity index (χ1) is 46.2. The summed E-state index contributed by atoms with van der Waals surface area (Å²) in [4.78, 5) is 72.9. The molecule has 0 aromatic rings. The molecule has 19 heteroatoms. The van der Waals surface area contributed by atoms with Crippen molar-refractivity contribution < 1.29 is 80.2 Å². The zero-order chi connectivity index (χ0) is 71.0. The van der Waals surface area contributed by atoms with E-state index in [2.05, 4.69) is 55.4 Å². The van der Waals surface area contributed by atoms with Crippen molar-refractivity contribution >= 4 is 39.5 Å². The molecule has 0 spiro atoms. The van der Waals surface area contributed by atoms with Crippen molar-refractivity contribution in [1.82, 2.24) is 0 Å². The lowest BCUT2D eigenvalue weighted by atomic mass is 9.99. The van der Waals surface area contributed by atoms with E-state index in [1.165, 1.54) is 193 Å². The van der Waals surface area contributed by atoms with Gasteiger partial charge >= 0.3 is 39.5 Å². The summed E-state index contributed by atoms with van der Waals surface area (Å²) < 4.78 is 68.6. The Morgan fingerprint density at radius 2 is 0.500 bits per heavy atom. The van der Waals surface area contributed by atoms with Crippen molar-refractivity contribution in [2.24, 2.45) is 23.7 Å². The molecule has 0 aromatic carbocycles. The van der Waals surface area contributed by atoms with Crippen LogP contribution in [-0.2, 0) is 65.4 Å². The Morgan fingerprint density at radius 3 is 0.740 bits per heavy atom. The molecule has 0 aliphatic carbocycles. The van der Waals surface area contributed by atoms with Crippen LogP contribution < -0.4 is 0 Å². The highest BCUT2D eigenvalue weighted by molar-refractivity contribution is 7.47. The Morgan fingerprint density at radius 1 is 0.292 bits per heavy atom. The maximum Gasteiger partial charge on any atom is 0.472 e. The summed E-state index contributed by atoms with van der Waals surface area (Å²) in [6.45, 7) is 14.2. The van der Waals surface area contributed by atoms with Crippen LogP contribution in [0.15, 0.2) is 0 Å². The summed E-state index contributed by atoms with van der Waals surface area (Å²) in [7, 11) is -9.92. The number of phosphoric ester groups is 2. The molecule has 0 fully saturated rings. The summed E-state index contributed by atoms with van der Waals surface area (Å²) >= 11 is 0. The first-order valence-corrected chi connectivity index (χ1v) is 42.8. The summed E-state index contributed by atoms with van der Waals surface area (Å²) in [5, 5.41) is 10.6. The number of rotatable bonds is 74. The third-order valence-electron chi connectivity index (χ3n) is 18.5. The van der Waals surface area contributed by atoms with E-state index >= 15 is 0 Å². The van der Waals surface area contributed by atoms with E-state index in [1.807, 2.05) is 0 Å². The number of esters is 4. The van der Waals surface area contributed by atoms with E-state index < -0.39 is 97.5 Å². The average molecular weight is 1410 g/mol. The molecule has 0 amide bonds. The highest BCUT2D eigenvalue weighted by atomic mass is 31.2. The highest BCUT2D eigenvalue weighted by Gasteiger charge is 2.30. The van der Waals surface area contributed by atoms with Gasteiger partial charge in [-0.15, -0.1) is 0 Å². The molecule has 0 rings (SSSR count). The van der Waals surface area contributed by atoms with Crippen LogP contribution in [0.25, 0.3) is 0 Å². The number of phosphoric acid groups is 2. The van der Waals surface area contributed by atoms with Gasteiger partial charge in [0.1, 0.15) is 19.3 Å². The van der Waals surface area contributed by atoms with Gasteiger partial charge in [0.25, 0.3) is 0 Å². The number of carbonyl (C=O) groups excluding carboxylic acids is 4. The molecule has 0 aromatic heterocycles. The summed E-state index contributed by atoms with van der Waals surface area (Å²) in [5.74, 6) is 1.00. The maximum atomic E-state index is 13.1. The van der Waals surface area contributed by atoms with Crippen LogP contribution in [-0.4, -0.2) is 96.7 Å². The van der Waals surface area contributed by atoms with Crippen molar-refractivity contribution in [2.75, 3.05) is 39.6 Å². The fraction of sp³-hybridized carbons (Fsp3) is 0.948. The van der Waals surface area contributed by atoms with Crippen LogP contribution in [0.5, 0.6) is 0 Å². The molecule has 0 aliphatic heterocycles. The van der Waals surface area contributed by atoms with E-state index in [9.17, 15) is 43.2 Å². The van der Waals surface area contributed by atoms with Gasteiger partial charge < -0.3 is 33.8 Å². The van der Waals surface area contributed by atoms with Gasteiger partial charge in [0, 0.05) is 25.7 Å². The zero-order valence-corrected chi connectivity index (χ0v) is 64.8. The molecule has 0 saturated heterocycles. The molecule has 7 atom stereocenters. The molecule has 96 heavy (non-hydrogen) atoms. The summed E-state index contributed by atoms with van der Waals surface area (Å²) in [6.07, 6.45) is 51.2. The smallest absolute Gasteiger partial charge is 0.462 e. The van der Waals surface area contributed by atoms with Gasteiger partial charge in [0.2, 0.25) is 0 Å². The lowest BCUT2D eigenvalue weighted by Gasteiger charge is -2.21. The summed E-state index contributed by atoms with van der Waals surface area (Å²) in [6, 6.07) is 0. The zero-order valence-electron chi connectivity index (χ0n) is 63.0. The lowest BCUT2D eigenvalue weighted by molar-refractivity contribution is -0.161. The van der Waals surface area contributed by atoms with E-state index in [4.69, 9.17) is 37.0 Å². The molecule has 570 valence electrons. The van der Waals surface area contributed by atoms with Crippen LogP contribution in [0.1, 0.15) is 389 Å². The van der Waals surface area contributed by atoms with Gasteiger partial charge in [-0.05, 0) is 49.4 Å². The minimum Gasteiger partial charge on any atom is -0.462 e. The molecule has 0 radical (unpaired) electrons. The quantitative estimate of drug-likeness (QED) is 0.0222. The van der Waals surface area contributed by atoms with Gasteiger partial charge in [0.15, 0.2) is 12.2 Å². The molecule has 3 N–H and O–H groups in total. The minimum absolute atomic E-state index is 0.104. The fourth-order valence-electron chi connectivity index (χ4n) is 11.7. The molecule has 0 bridgehead atoms. The fourth-order valence-corrected chi connectivity index (χ4v) is 13.2. The normalized spacial score (nSPS) is 14.7. The third kappa shape index (κ3) is 67.9. The van der Waals surface area contributed by atoms with E-state index in [0.717, 1.165) is 114 Å². The first-order valence-electron chi connectivity index (χ1n) is 39.8. The van der Waals surface area contributed by atoms with Gasteiger partial charge in [-0.1, -0.05) is 338 Å². The standard InChI is InChI=1S/C77H150O17P2/c1-9-69(7)55-47-39-31-22-18-13-11-12-14-19-23-33-41-49-57-74(79)87-63-72(93-76(81)59-51-43-35-24-20-16-15-17-21-29-37-45-53-67(3)4)65-91-95(83,84)89-61-71(78)62-90-96(85,86)92-66-73(64-88-75(80)58-50-42-34-27-25-30-38-46-54-68(5)6)94-77(82)60-52-44-36-28-26-32-40-48-56-70(8)10-2/h67-73,78H,9-66H2,1-8H3,(H,83,84)(H,85,86)/t69?,70?,71?,72-,73-/m1/s1. The Bertz CT molecular complexity index is 1890. The molecule has 0 saturated carbocycles. The van der Waals surface area contributed by atoms with Gasteiger partial charge in [-0.25, -0.2) is 9.13 Å². The number of ether oxygens (including phenoxy) is 4. The molecule has 0 aliphatic rings. The first kappa shape index (κ1) is 94.1. The highest BCUT2D eigenvalue weighted by Crippen LogP contribution is 2.45. The summed E-state index contributed by atoms with van der Waals surface area (Å²) in [5.41, 5.74) is 0. The van der Waals surface area contributed by atoms with E-state index in [1.54, 1.807) is 0 Å². The van der Waals surface area contributed by atoms with Crippen molar-refractivity contribution in [3.05, 3.63) is 0 Å². The Hall–Kier alpha value is -1.94. The molecule has 17 nitrogen and oxygen atoms in total. The predicted octanol–water partition coefficient (Wildman–Crippen LogP) is 22.4. The number of aliphatic hydroxyl groups is 1. The number of hydrogen-bond donors (Lipinski definition) is 3. The number of aliphatic hydroxyl groups excluding tert-OH is 1. The lowest BCUT2D eigenvalue weighted by Crippen LogP contribution is -2.30. The maximum absolute atomic E-state index is 13.1. The van der Waals surface area contributed by atoms with Crippen molar-refractivity contribution in [3.8, 4) is 0 Å². The van der Waals surface area contributed by atoms with Gasteiger partial charge in [0.05, 0.1) is 26.4 Å². The van der Waals surface area contributed by atoms with Crippen LogP contribution in [0, 0.1) is 23.7 Å². The predicted molar refractivity (Wildman–Crippen MR) is 391 cm³/mol. The largest absolute Gasteiger partial charge is 0.472 e.